The number of ether oxygens (including phenoxy) is 1. The monoisotopic (exact) mass is 266 g/mol. The highest BCUT2D eigenvalue weighted by Gasteiger charge is 2.57. The molecule has 6 nitrogen and oxygen atoms in total. The standard InChI is InChI=1S/C13H18N2O4/c1-2-3-8-19-9-7-15-11(17)13(5-4-6-13)10(16)14-12(15)18/h2H,1,3-9H2,(H,14,16,18). The van der Waals surface area contributed by atoms with Gasteiger partial charge in [0.1, 0.15) is 5.41 Å². The van der Waals surface area contributed by atoms with Crippen LogP contribution in [-0.4, -0.2) is 42.5 Å². The zero-order chi connectivity index (χ0) is 13.9. The SMILES string of the molecule is C=CCCOCCN1C(=O)NC(=O)C2(CCC2)C1=O. The van der Waals surface area contributed by atoms with Crippen molar-refractivity contribution in [2.75, 3.05) is 19.8 Å². The van der Waals surface area contributed by atoms with Crippen molar-refractivity contribution < 1.29 is 19.1 Å². The van der Waals surface area contributed by atoms with E-state index in [1.807, 2.05) is 0 Å². The predicted octanol–water partition coefficient (Wildman–Crippen LogP) is 0.828. The molecule has 2 fully saturated rings. The third-order valence-electron chi connectivity index (χ3n) is 3.69. The molecule has 0 aromatic carbocycles. The largest absolute Gasteiger partial charge is 0.379 e. The summed E-state index contributed by atoms with van der Waals surface area (Å²) in [4.78, 5) is 36.8. The molecule has 2 rings (SSSR count). The molecule has 1 saturated heterocycles. The molecular weight excluding hydrogens is 248 g/mol. The lowest BCUT2D eigenvalue weighted by Crippen LogP contribution is -2.66. The summed E-state index contributed by atoms with van der Waals surface area (Å²) in [5.41, 5.74) is -0.991. The number of carbonyl (C=O) groups is 3. The van der Waals surface area contributed by atoms with Gasteiger partial charge < -0.3 is 4.74 Å². The van der Waals surface area contributed by atoms with Crippen LogP contribution in [0.3, 0.4) is 0 Å². The third kappa shape index (κ3) is 2.40. The van der Waals surface area contributed by atoms with E-state index in [1.54, 1.807) is 6.08 Å². The molecule has 0 atom stereocenters. The lowest BCUT2D eigenvalue weighted by Gasteiger charge is -2.44. The molecule has 104 valence electrons. The van der Waals surface area contributed by atoms with Crippen LogP contribution in [0.5, 0.6) is 0 Å². The Hall–Kier alpha value is -1.69. The number of amides is 4. The van der Waals surface area contributed by atoms with E-state index in [-0.39, 0.29) is 19.1 Å². The van der Waals surface area contributed by atoms with E-state index in [2.05, 4.69) is 11.9 Å². The summed E-state index contributed by atoms with van der Waals surface area (Å²) < 4.78 is 5.29. The minimum atomic E-state index is -0.991. The highest BCUT2D eigenvalue weighted by molar-refractivity contribution is 6.19. The first kappa shape index (κ1) is 13.7. The van der Waals surface area contributed by atoms with Gasteiger partial charge in [0.05, 0.1) is 19.8 Å². The van der Waals surface area contributed by atoms with Crippen molar-refractivity contribution >= 4 is 17.8 Å². The number of hydrogen-bond acceptors (Lipinski definition) is 4. The van der Waals surface area contributed by atoms with Crippen molar-refractivity contribution in [1.82, 2.24) is 10.2 Å². The molecule has 2 aliphatic rings. The van der Waals surface area contributed by atoms with E-state index in [0.29, 0.717) is 19.4 Å². The topological polar surface area (TPSA) is 75.7 Å². The van der Waals surface area contributed by atoms with Gasteiger partial charge in [0, 0.05) is 0 Å². The predicted molar refractivity (Wildman–Crippen MR) is 67.2 cm³/mol. The quantitative estimate of drug-likeness (QED) is 0.439. The summed E-state index contributed by atoms with van der Waals surface area (Å²) in [6.07, 6.45) is 4.36. The van der Waals surface area contributed by atoms with Crippen molar-refractivity contribution in [2.24, 2.45) is 5.41 Å². The van der Waals surface area contributed by atoms with E-state index in [9.17, 15) is 14.4 Å². The van der Waals surface area contributed by atoms with Crippen molar-refractivity contribution in [2.45, 2.75) is 25.7 Å². The van der Waals surface area contributed by atoms with E-state index in [4.69, 9.17) is 4.74 Å². The van der Waals surface area contributed by atoms with Gasteiger partial charge in [-0.15, -0.1) is 6.58 Å². The first-order valence-corrected chi connectivity index (χ1v) is 6.48. The van der Waals surface area contributed by atoms with Crippen molar-refractivity contribution in [3.05, 3.63) is 12.7 Å². The molecule has 1 heterocycles. The lowest BCUT2D eigenvalue weighted by molar-refractivity contribution is -0.158. The van der Waals surface area contributed by atoms with Crippen LogP contribution in [0.15, 0.2) is 12.7 Å². The van der Waals surface area contributed by atoms with Crippen molar-refractivity contribution in [3.63, 3.8) is 0 Å². The molecule has 4 amide bonds. The van der Waals surface area contributed by atoms with Gasteiger partial charge in [-0.2, -0.15) is 0 Å². The Kier molecular flexibility index (Phi) is 3.99. The van der Waals surface area contributed by atoms with Crippen molar-refractivity contribution in [1.29, 1.82) is 0 Å². The van der Waals surface area contributed by atoms with E-state index in [1.165, 1.54) is 0 Å². The Labute approximate surface area is 111 Å². The van der Waals surface area contributed by atoms with Crippen LogP contribution in [-0.2, 0) is 14.3 Å². The van der Waals surface area contributed by atoms with Crippen LogP contribution in [0.2, 0.25) is 0 Å². The molecule has 0 unspecified atom stereocenters. The van der Waals surface area contributed by atoms with Gasteiger partial charge in [-0.25, -0.2) is 4.79 Å². The fourth-order valence-electron chi connectivity index (χ4n) is 2.33. The Morgan fingerprint density at radius 1 is 1.32 bits per heavy atom. The van der Waals surface area contributed by atoms with Crippen molar-refractivity contribution in [3.8, 4) is 0 Å². The molecule has 1 saturated carbocycles. The summed E-state index contributed by atoms with van der Waals surface area (Å²) in [6, 6.07) is -0.639. The number of urea groups is 1. The zero-order valence-electron chi connectivity index (χ0n) is 10.8. The first-order valence-electron chi connectivity index (χ1n) is 6.48. The normalized spacial score (nSPS) is 21.3. The molecule has 6 heteroatoms. The number of carbonyl (C=O) groups excluding carboxylic acids is 3. The summed E-state index contributed by atoms with van der Waals surface area (Å²) in [6.45, 7) is 4.54. The fraction of sp³-hybridized carbons (Fsp3) is 0.615. The van der Waals surface area contributed by atoms with Gasteiger partial charge in [0.15, 0.2) is 0 Å². The first-order chi connectivity index (χ1) is 9.12. The lowest BCUT2D eigenvalue weighted by atomic mass is 9.66. The number of rotatable bonds is 6. The van der Waals surface area contributed by atoms with Crippen LogP contribution in [0.1, 0.15) is 25.7 Å². The molecule has 1 aliphatic heterocycles. The Bertz CT molecular complexity index is 415. The second-order valence-electron chi connectivity index (χ2n) is 4.84. The van der Waals surface area contributed by atoms with Gasteiger partial charge in [-0.3, -0.25) is 19.8 Å². The summed E-state index contributed by atoms with van der Waals surface area (Å²) in [7, 11) is 0. The Balaban J connectivity index is 1.92. The molecule has 0 aromatic heterocycles. The fourth-order valence-corrected chi connectivity index (χ4v) is 2.33. The van der Waals surface area contributed by atoms with Crippen LogP contribution >= 0.6 is 0 Å². The van der Waals surface area contributed by atoms with Crippen LogP contribution in [0.25, 0.3) is 0 Å². The van der Waals surface area contributed by atoms with Crippen LogP contribution in [0, 0.1) is 5.41 Å². The smallest absolute Gasteiger partial charge is 0.330 e. The molecule has 1 aliphatic carbocycles. The van der Waals surface area contributed by atoms with E-state index >= 15 is 0 Å². The highest BCUT2D eigenvalue weighted by atomic mass is 16.5. The zero-order valence-corrected chi connectivity index (χ0v) is 10.8. The highest BCUT2D eigenvalue weighted by Crippen LogP contribution is 2.44. The maximum atomic E-state index is 12.2. The summed E-state index contributed by atoms with van der Waals surface area (Å²) in [5, 5.41) is 2.26. The van der Waals surface area contributed by atoms with Gasteiger partial charge in [-0.05, 0) is 19.3 Å². The average Bonchev–Trinajstić information content (AvgIpc) is 2.30. The van der Waals surface area contributed by atoms with Gasteiger partial charge in [0.2, 0.25) is 11.8 Å². The summed E-state index contributed by atoms with van der Waals surface area (Å²) >= 11 is 0. The Morgan fingerprint density at radius 2 is 2.05 bits per heavy atom. The molecule has 19 heavy (non-hydrogen) atoms. The minimum absolute atomic E-state index is 0.177. The number of hydrogen-bond donors (Lipinski definition) is 1. The second kappa shape index (κ2) is 5.52. The van der Waals surface area contributed by atoms with Gasteiger partial charge in [0.25, 0.3) is 0 Å². The minimum Gasteiger partial charge on any atom is -0.379 e. The van der Waals surface area contributed by atoms with Gasteiger partial charge in [-0.1, -0.05) is 12.5 Å². The number of nitrogens with zero attached hydrogens (tertiary/aromatic N) is 1. The van der Waals surface area contributed by atoms with Crippen LogP contribution < -0.4 is 5.32 Å². The van der Waals surface area contributed by atoms with E-state index in [0.717, 1.165) is 17.7 Å². The second-order valence-corrected chi connectivity index (χ2v) is 4.84. The van der Waals surface area contributed by atoms with Crippen LogP contribution in [0.4, 0.5) is 4.79 Å². The third-order valence-corrected chi connectivity index (χ3v) is 3.69. The Morgan fingerprint density at radius 3 is 2.63 bits per heavy atom. The molecule has 0 aromatic rings. The maximum absolute atomic E-state index is 12.2. The average molecular weight is 266 g/mol. The number of barbiturate groups is 1. The number of imide groups is 2. The molecule has 1 spiro atoms. The maximum Gasteiger partial charge on any atom is 0.330 e. The van der Waals surface area contributed by atoms with E-state index < -0.39 is 17.4 Å². The molecular formula is C13H18N2O4. The molecule has 1 N–H and O–H groups in total. The summed E-state index contributed by atoms with van der Waals surface area (Å²) in [5.74, 6) is -0.822. The van der Waals surface area contributed by atoms with Gasteiger partial charge >= 0.3 is 6.03 Å². The molecule has 0 radical (unpaired) electrons. The molecule has 0 bridgehead atoms. The number of nitrogens with one attached hydrogen (secondary N) is 1.